The van der Waals surface area contributed by atoms with Crippen LogP contribution in [0.3, 0.4) is 0 Å². The summed E-state index contributed by atoms with van der Waals surface area (Å²) < 4.78 is 5.02. The fourth-order valence-corrected chi connectivity index (χ4v) is 2.76. The van der Waals surface area contributed by atoms with Gasteiger partial charge >= 0.3 is 5.97 Å². The molecule has 2 rings (SSSR count). The molecule has 0 unspecified atom stereocenters. The van der Waals surface area contributed by atoms with E-state index in [2.05, 4.69) is 10.6 Å². The van der Waals surface area contributed by atoms with Crippen LogP contribution in [0.5, 0.6) is 0 Å². The average molecular weight is 397 g/mol. The van der Waals surface area contributed by atoms with Crippen molar-refractivity contribution in [1.82, 2.24) is 5.32 Å². The third-order valence-electron chi connectivity index (χ3n) is 3.45. The number of thiocarbonyl (C=S) groups is 1. The van der Waals surface area contributed by atoms with Gasteiger partial charge in [0.1, 0.15) is 0 Å². The van der Waals surface area contributed by atoms with Crippen LogP contribution in [0.1, 0.15) is 28.4 Å². The Kier molecular flexibility index (Phi) is 7.05. The molecule has 7 heteroatoms. The molecular formula is C18H18Cl2N2O2S. The van der Waals surface area contributed by atoms with Gasteiger partial charge in [0.25, 0.3) is 0 Å². The molecule has 0 bridgehead atoms. The molecule has 0 saturated carbocycles. The fourth-order valence-electron chi connectivity index (χ4n) is 2.11. The van der Waals surface area contributed by atoms with Crippen LogP contribution in [0.25, 0.3) is 0 Å². The number of carbonyl (C=O) groups is 1. The van der Waals surface area contributed by atoms with Gasteiger partial charge in [-0.1, -0.05) is 35.3 Å². The van der Waals surface area contributed by atoms with E-state index < -0.39 is 0 Å². The highest BCUT2D eigenvalue weighted by molar-refractivity contribution is 7.80. The van der Waals surface area contributed by atoms with Crippen molar-refractivity contribution in [3.8, 4) is 0 Å². The fraction of sp³-hybridized carbons (Fsp3) is 0.222. The van der Waals surface area contributed by atoms with Crippen molar-refractivity contribution in [3.05, 3.63) is 63.1 Å². The van der Waals surface area contributed by atoms with Crippen LogP contribution in [0.15, 0.2) is 36.4 Å². The monoisotopic (exact) mass is 396 g/mol. The molecule has 25 heavy (non-hydrogen) atoms. The minimum Gasteiger partial charge on any atom is -0.462 e. The van der Waals surface area contributed by atoms with Crippen molar-refractivity contribution in [2.24, 2.45) is 0 Å². The van der Waals surface area contributed by atoms with E-state index in [0.717, 1.165) is 16.8 Å². The Morgan fingerprint density at radius 3 is 2.64 bits per heavy atom. The van der Waals surface area contributed by atoms with Gasteiger partial charge in [0.05, 0.1) is 12.2 Å². The summed E-state index contributed by atoms with van der Waals surface area (Å²) in [6, 6.07) is 10.6. The lowest BCUT2D eigenvalue weighted by molar-refractivity contribution is 0.0526. The van der Waals surface area contributed by atoms with E-state index in [1.807, 2.05) is 19.1 Å². The lowest BCUT2D eigenvalue weighted by Crippen LogP contribution is -2.28. The largest absolute Gasteiger partial charge is 0.462 e. The normalized spacial score (nSPS) is 10.2. The van der Waals surface area contributed by atoms with Crippen molar-refractivity contribution < 1.29 is 9.53 Å². The van der Waals surface area contributed by atoms with E-state index >= 15 is 0 Å². The average Bonchev–Trinajstić information content (AvgIpc) is 2.56. The third-order valence-corrected chi connectivity index (χ3v) is 4.28. The smallest absolute Gasteiger partial charge is 0.338 e. The first-order valence-electron chi connectivity index (χ1n) is 7.67. The van der Waals surface area contributed by atoms with Crippen LogP contribution in [-0.2, 0) is 11.3 Å². The number of carbonyl (C=O) groups excluding carboxylic acids is 1. The van der Waals surface area contributed by atoms with Crippen LogP contribution in [0.2, 0.25) is 10.0 Å². The van der Waals surface area contributed by atoms with Gasteiger partial charge in [0.15, 0.2) is 5.11 Å². The molecule has 0 aliphatic carbocycles. The highest BCUT2D eigenvalue weighted by atomic mass is 35.5. The molecule has 0 aliphatic heterocycles. The van der Waals surface area contributed by atoms with Gasteiger partial charge < -0.3 is 15.4 Å². The molecule has 0 heterocycles. The Morgan fingerprint density at radius 1 is 1.20 bits per heavy atom. The van der Waals surface area contributed by atoms with E-state index in [-0.39, 0.29) is 5.97 Å². The molecular weight excluding hydrogens is 379 g/mol. The Morgan fingerprint density at radius 2 is 1.96 bits per heavy atom. The van der Waals surface area contributed by atoms with Crippen LogP contribution in [-0.4, -0.2) is 17.7 Å². The molecule has 4 nitrogen and oxygen atoms in total. The Bertz CT molecular complexity index is 797. The summed E-state index contributed by atoms with van der Waals surface area (Å²) in [5, 5.41) is 7.76. The molecule has 2 N–H and O–H groups in total. The van der Waals surface area contributed by atoms with Gasteiger partial charge in [0.2, 0.25) is 0 Å². The second-order valence-corrected chi connectivity index (χ2v) is 6.55. The lowest BCUT2D eigenvalue weighted by atomic mass is 10.1. The Labute approximate surface area is 162 Å². The summed E-state index contributed by atoms with van der Waals surface area (Å²) in [5.41, 5.74) is 3.05. The number of ether oxygens (including phenoxy) is 1. The molecule has 0 aliphatic rings. The van der Waals surface area contributed by atoms with Crippen molar-refractivity contribution in [1.29, 1.82) is 0 Å². The molecule has 0 fully saturated rings. The van der Waals surface area contributed by atoms with Crippen molar-refractivity contribution in [2.45, 2.75) is 20.4 Å². The number of hydrogen-bond acceptors (Lipinski definition) is 3. The third kappa shape index (κ3) is 5.59. The summed E-state index contributed by atoms with van der Waals surface area (Å²) in [6.07, 6.45) is 0. The highest BCUT2D eigenvalue weighted by Gasteiger charge is 2.10. The van der Waals surface area contributed by atoms with Crippen LogP contribution < -0.4 is 10.6 Å². The quantitative estimate of drug-likeness (QED) is 0.552. The second kappa shape index (κ2) is 9.04. The Balaban J connectivity index is 2.02. The zero-order valence-corrected chi connectivity index (χ0v) is 16.2. The second-order valence-electron chi connectivity index (χ2n) is 5.29. The van der Waals surface area contributed by atoms with Crippen LogP contribution in [0.4, 0.5) is 5.69 Å². The zero-order valence-electron chi connectivity index (χ0n) is 13.9. The van der Waals surface area contributed by atoms with Gasteiger partial charge in [-0.05, 0) is 61.5 Å². The molecule has 132 valence electrons. The van der Waals surface area contributed by atoms with Crippen LogP contribution >= 0.6 is 35.4 Å². The maximum absolute atomic E-state index is 11.8. The summed E-state index contributed by atoms with van der Waals surface area (Å²) in [4.78, 5) is 11.8. The summed E-state index contributed by atoms with van der Waals surface area (Å²) in [6.45, 7) is 4.48. The van der Waals surface area contributed by atoms with Crippen LogP contribution in [0, 0.1) is 6.92 Å². The SMILES string of the molecule is CCOC(=O)c1ccc(C)c(NC(=S)NCc2ccc(Cl)cc2Cl)c1. The number of esters is 1. The maximum Gasteiger partial charge on any atom is 0.338 e. The number of halogens is 2. The van der Waals surface area contributed by atoms with Gasteiger partial charge in [0, 0.05) is 22.3 Å². The predicted molar refractivity (Wildman–Crippen MR) is 107 cm³/mol. The topological polar surface area (TPSA) is 50.4 Å². The summed E-state index contributed by atoms with van der Waals surface area (Å²) in [7, 11) is 0. The minimum absolute atomic E-state index is 0.331. The summed E-state index contributed by atoms with van der Waals surface area (Å²) >= 11 is 17.3. The predicted octanol–water partition coefficient (Wildman–Crippen LogP) is 4.97. The van der Waals surface area contributed by atoms with Gasteiger partial charge in [-0.3, -0.25) is 0 Å². The molecule has 0 atom stereocenters. The zero-order chi connectivity index (χ0) is 18.4. The molecule has 0 aromatic heterocycles. The summed E-state index contributed by atoms with van der Waals surface area (Å²) in [5.74, 6) is -0.364. The van der Waals surface area contributed by atoms with Crippen molar-refractivity contribution >= 4 is 52.2 Å². The molecule has 2 aromatic rings. The highest BCUT2D eigenvalue weighted by Crippen LogP contribution is 2.21. The van der Waals surface area contributed by atoms with Gasteiger partial charge in [-0.15, -0.1) is 0 Å². The first kappa shape index (κ1) is 19.5. The first-order valence-corrected chi connectivity index (χ1v) is 8.83. The van der Waals surface area contributed by atoms with E-state index in [1.165, 1.54) is 0 Å². The first-order chi connectivity index (χ1) is 11.9. The number of rotatable bonds is 5. The van der Waals surface area contributed by atoms with E-state index in [9.17, 15) is 4.79 Å². The minimum atomic E-state index is -0.364. The number of nitrogens with one attached hydrogen (secondary N) is 2. The lowest BCUT2D eigenvalue weighted by Gasteiger charge is -2.14. The molecule has 2 aromatic carbocycles. The van der Waals surface area contributed by atoms with Gasteiger partial charge in [-0.2, -0.15) is 0 Å². The molecule has 0 radical (unpaired) electrons. The van der Waals surface area contributed by atoms with E-state index in [4.69, 9.17) is 40.2 Å². The van der Waals surface area contributed by atoms with Crippen molar-refractivity contribution in [3.63, 3.8) is 0 Å². The maximum atomic E-state index is 11.8. The molecule has 0 saturated heterocycles. The standard InChI is InChI=1S/C18H18Cl2N2O2S/c1-3-24-17(23)12-5-4-11(2)16(8-12)22-18(25)21-10-13-6-7-14(19)9-15(13)20/h4-9H,3,10H2,1-2H3,(H2,21,22,25). The number of hydrogen-bond donors (Lipinski definition) is 2. The Hall–Kier alpha value is -1.82. The number of benzene rings is 2. The van der Waals surface area contributed by atoms with Gasteiger partial charge in [-0.25, -0.2) is 4.79 Å². The number of aryl methyl sites for hydroxylation is 1. The molecule has 0 amide bonds. The van der Waals surface area contributed by atoms with E-state index in [1.54, 1.807) is 31.2 Å². The number of anilines is 1. The van der Waals surface area contributed by atoms with E-state index in [0.29, 0.717) is 33.9 Å². The molecule has 0 spiro atoms. The van der Waals surface area contributed by atoms with Crippen molar-refractivity contribution in [2.75, 3.05) is 11.9 Å².